The van der Waals surface area contributed by atoms with Crippen molar-refractivity contribution in [3.05, 3.63) is 66.2 Å². The van der Waals surface area contributed by atoms with Crippen molar-refractivity contribution < 1.29 is 13.8 Å². The van der Waals surface area contributed by atoms with Gasteiger partial charge in [-0.05, 0) is 24.6 Å². The van der Waals surface area contributed by atoms with Crippen molar-refractivity contribution >= 4 is 12.7 Å². The molecule has 0 N–H and O–H groups in total. The number of hydrogen-bond acceptors (Lipinski definition) is 3. The fraction of sp³-hybridized carbons (Fsp3) is 0.250. The Morgan fingerprint density at radius 3 is 2.15 bits per heavy atom. The summed E-state index contributed by atoms with van der Waals surface area (Å²) in [6, 6.07) is 19.1. The van der Waals surface area contributed by atoms with Crippen molar-refractivity contribution in [3.63, 3.8) is 0 Å². The lowest BCUT2D eigenvalue weighted by molar-refractivity contribution is 0.293. The highest BCUT2D eigenvalue weighted by Gasteiger charge is 2.62. The highest BCUT2D eigenvalue weighted by atomic mass is 31.2. The lowest BCUT2D eigenvalue weighted by atomic mass is 10.2. The summed E-state index contributed by atoms with van der Waals surface area (Å²) in [5.74, 6) is 0. The molecule has 0 saturated carbocycles. The van der Waals surface area contributed by atoms with Crippen molar-refractivity contribution in [2.24, 2.45) is 0 Å². The van der Waals surface area contributed by atoms with E-state index in [4.69, 9.17) is 9.26 Å². The predicted octanol–water partition coefficient (Wildman–Crippen LogP) is 3.51. The Morgan fingerprint density at radius 2 is 1.65 bits per heavy atom. The van der Waals surface area contributed by atoms with Gasteiger partial charge >= 0.3 is 0 Å². The zero-order valence-electron chi connectivity index (χ0n) is 11.4. The van der Waals surface area contributed by atoms with Crippen LogP contribution in [0.25, 0.3) is 0 Å². The number of benzene rings is 2. The second kappa shape index (κ2) is 5.17. The monoisotopic (exact) mass is 288 g/mol. The van der Waals surface area contributed by atoms with Crippen LogP contribution in [-0.4, -0.2) is 13.2 Å². The molecule has 1 aliphatic heterocycles. The molecule has 0 aromatic heterocycles. The molecule has 2 unspecified atom stereocenters. The summed E-state index contributed by atoms with van der Waals surface area (Å²) < 4.78 is 24.9. The van der Waals surface area contributed by atoms with Gasteiger partial charge < -0.3 is 9.26 Å². The van der Waals surface area contributed by atoms with E-state index in [1.165, 1.54) is 0 Å². The molecule has 3 nitrogen and oxygen atoms in total. The van der Waals surface area contributed by atoms with Gasteiger partial charge in [-0.2, -0.15) is 0 Å². The Labute approximate surface area is 119 Å². The van der Waals surface area contributed by atoms with E-state index in [1.807, 2.05) is 67.6 Å². The Bertz CT molecular complexity index is 621. The minimum atomic E-state index is -3.11. The average molecular weight is 288 g/mol. The Kier molecular flexibility index (Phi) is 3.51. The van der Waals surface area contributed by atoms with Gasteiger partial charge in [0.1, 0.15) is 0 Å². The van der Waals surface area contributed by atoms with Crippen molar-refractivity contribution in [2.45, 2.75) is 12.3 Å². The van der Waals surface area contributed by atoms with E-state index in [1.54, 1.807) is 0 Å². The van der Waals surface area contributed by atoms with E-state index in [0.717, 1.165) is 5.56 Å². The molecule has 2 aromatic carbocycles. The Hall–Kier alpha value is -1.41. The van der Waals surface area contributed by atoms with Gasteiger partial charge in [0.25, 0.3) is 7.37 Å². The molecule has 0 aliphatic carbocycles. The molecule has 104 valence electrons. The largest absolute Gasteiger partial charge is 0.353 e. The highest BCUT2D eigenvalue weighted by Crippen LogP contribution is 2.70. The van der Waals surface area contributed by atoms with Crippen molar-refractivity contribution in [2.75, 3.05) is 13.2 Å². The van der Waals surface area contributed by atoms with Gasteiger partial charge in [0.15, 0.2) is 5.34 Å². The molecule has 20 heavy (non-hydrogen) atoms. The number of rotatable bonds is 5. The summed E-state index contributed by atoms with van der Waals surface area (Å²) in [6.07, 6.45) is 0. The first-order valence-corrected chi connectivity index (χ1v) is 8.35. The quantitative estimate of drug-likeness (QED) is 0.624. The number of ether oxygens (including phenoxy) is 1. The second-order valence-electron chi connectivity index (χ2n) is 4.74. The molecule has 2 aromatic rings. The van der Waals surface area contributed by atoms with Crippen LogP contribution in [0.2, 0.25) is 0 Å². The van der Waals surface area contributed by atoms with Crippen LogP contribution in [0.5, 0.6) is 0 Å². The molecule has 1 saturated heterocycles. The van der Waals surface area contributed by atoms with Gasteiger partial charge in [0, 0.05) is 5.30 Å². The molecule has 1 fully saturated rings. The summed E-state index contributed by atoms with van der Waals surface area (Å²) in [6.45, 7) is 2.68. The molecule has 0 amide bonds. The molecule has 1 aliphatic rings. The molecular weight excluding hydrogens is 271 g/mol. The molecule has 0 bridgehead atoms. The van der Waals surface area contributed by atoms with Crippen molar-refractivity contribution in [3.8, 4) is 0 Å². The lowest BCUT2D eigenvalue weighted by Gasteiger charge is -2.25. The van der Waals surface area contributed by atoms with E-state index < -0.39 is 12.7 Å². The fourth-order valence-electron chi connectivity index (χ4n) is 2.47. The first kappa shape index (κ1) is 13.6. The lowest BCUT2D eigenvalue weighted by Crippen LogP contribution is -2.21. The molecule has 1 heterocycles. The maximum atomic E-state index is 13.6. The maximum Gasteiger partial charge on any atom is 0.269 e. The summed E-state index contributed by atoms with van der Waals surface area (Å²) in [5, 5.41) is -0.103. The molecule has 3 rings (SSSR count). The van der Waals surface area contributed by atoms with Crippen LogP contribution in [0.15, 0.2) is 60.7 Å². The zero-order chi connectivity index (χ0) is 14.1. The highest BCUT2D eigenvalue weighted by molar-refractivity contribution is 7.68. The van der Waals surface area contributed by atoms with Crippen LogP contribution in [0.4, 0.5) is 0 Å². The fourth-order valence-corrected chi connectivity index (χ4v) is 5.06. The van der Waals surface area contributed by atoms with Gasteiger partial charge in [0.2, 0.25) is 0 Å². The normalized spacial score (nSPS) is 24.1. The first-order valence-electron chi connectivity index (χ1n) is 6.73. The summed E-state index contributed by atoms with van der Waals surface area (Å²) in [5.41, 5.74) is 0.917. The van der Waals surface area contributed by atoms with E-state index in [-0.39, 0.29) is 0 Å². The standard InChI is InChI=1S/C16H17O3P/c1-2-19-20(17,15-11-7-4-8-12-15)16(13-18-16)14-9-5-3-6-10-14/h3-12H,2,13H2,1H3. The van der Waals surface area contributed by atoms with Crippen LogP contribution >= 0.6 is 7.37 Å². The van der Waals surface area contributed by atoms with Gasteiger partial charge in [-0.15, -0.1) is 0 Å². The number of hydrogen-bond donors (Lipinski definition) is 0. The molecule has 0 radical (unpaired) electrons. The summed E-state index contributed by atoms with van der Waals surface area (Å²) in [4.78, 5) is 0. The molecule has 2 atom stereocenters. The predicted molar refractivity (Wildman–Crippen MR) is 79.4 cm³/mol. The smallest absolute Gasteiger partial charge is 0.269 e. The SMILES string of the molecule is CCOP(=O)(c1ccccc1)C1(c2ccccc2)CO1. The minimum Gasteiger partial charge on any atom is -0.353 e. The van der Waals surface area contributed by atoms with Gasteiger partial charge in [0.05, 0.1) is 13.2 Å². The molecule has 4 heteroatoms. The zero-order valence-corrected chi connectivity index (χ0v) is 12.3. The van der Waals surface area contributed by atoms with Gasteiger partial charge in [-0.3, -0.25) is 4.57 Å². The molecular formula is C16H17O3P. The maximum absolute atomic E-state index is 13.6. The van der Waals surface area contributed by atoms with Crippen LogP contribution in [-0.2, 0) is 19.2 Å². The Morgan fingerprint density at radius 1 is 1.10 bits per heavy atom. The van der Waals surface area contributed by atoms with Crippen LogP contribution in [0.3, 0.4) is 0 Å². The summed E-state index contributed by atoms with van der Waals surface area (Å²) >= 11 is 0. The third kappa shape index (κ3) is 2.03. The first-order chi connectivity index (χ1) is 9.73. The topological polar surface area (TPSA) is 38.8 Å². The van der Waals surface area contributed by atoms with E-state index in [0.29, 0.717) is 18.5 Å². The van der Waals surface area contributed by atoms with E-state index in [2.05, 4.69) is 0 Å². The van der Waals surface area contributed by atoms with Crippen molar-refractivity contribution in [1.29, 1.82) is 0 Å². The average Bonchev–Trinajstić information content (AvgIpc) is 3.31. The van der Waals surface area contributed by atoms with Gasteiger partial charge in [-0.25, -0.2) is 0 Å². The van der Waals surface area contributed by atoms with Crippen LogP contribution < -0.4 is 5.30 Å². The van der Waals surface area contributed by atoms with Crippen LogP contribution in [0, 0.1) is 0 Å². The van der Waals surface area contributed by atoms with E-state index in [9.17, 15) is 4.57 Å². The van der Waals surface area contributed by atoms with Gasteiger partial charge in [-0.1, -0.05) is 48.5 Å². The molecule has 0 spiro atoms. The second-order valence-corrected chi connectivity index (χ2v) is 7.34. The summed E-state index contributed by atoms with van der Waals surface area (Å²) in [7, 11) is -3.11. The third-order valence-corrected chi connectivity index (χ3v) is 6.59. The number of epoxide rings is 1. The minimum absolute atomic E-state index is 0.393. The van der Waals surface area contributed by atoms with Crippen LogP contribution in [0.1, 0.15) is 12.5 Å². The van der Waals surface area contributed by atoms with Crippen molar-refractivity contribution in [1.82, 2.24) is 0 Å². The Balaban J connectivity index is 2.10. The van der Waals surface area contributed by atoms with E-state index >= 15 is 0 Å². The third-order valence-electron chi connectivity index (χ3n) is 3.53.